The Labute approximate surface area is 106 Å². The van der Waals surface area contributed by atoms with Gasteiger partial charge in [0.05, 0.1) is 12.8 Å². The van der Waals surface area contributed by atoms with Crippen molar-refractivity contribution in [3.63, 3.8) is 0 Å². The molecule has 0 fully saturated rings. The molecule has 2 nitrogen and oxygen atoms in total. The molecule has 0 radical (unpaired) electrons. The third kappa shape index (κ3) is 3.93. The number of halogens is 1. The molecule has 0 saturated carbocycles. The molecule has 0 bridgehead atoms. The van der Waals surface area contributed by atoms with Crippen LogP contribution in [-0.4, -0.2) is 6.21 Å². The van der Waals surface area contributed by atoms with E-state index in [9.17, 15) is 0 Å². The van der Waals surface area contributed by atoms with Crippen molar-refractivity contribution >= 4 is 17.8 Å². The van der Waals surface area contributed by atoms with Crippen LogP contribution < -0.4 is 5.43 Å². The molecule has 0 aliphatic heterocycles. The van der Waals surface area contributed by atoms with Gasteiger partial charge in [0.1, 0.15) is 0 Å². The van der Waals surface area contributed by atoms with Crippen LogP contribution in [0.25, 0.3) is 0 Å². The molecule has 17 heavy (non-hydrogen) atoms. The van der Waals surface area contributed by atoms with E-state index in [1.54, 1.807) is 6.21 Å². The number of hydrazone groups is 1. The van der Waals surface area contributed by atoms with Gasteiger partial charge in [0.15, 0.2) is 0 Å². The Balaban J connectivity index is 1.84. The van der Waals surface area contributed by atoms with E-state index in [2.05, 4.69) is 10.5 Å². The summed E-state index contributed by atoms with van der Waals surface area (Å²) in [6, 6.07) is 17.7. The molecule has 3 heteroatoms. The first-order valence-electron chi connectivity index (χ1n) is 5.40. The lowest BCUT2D eigenvalue weighted by Gasteiger charge is -2.00. The summed E-state index contributed by atoms with van der Waals surface area (Å²) in [6.45, 7) is 0.695. The fourth-order valence-electron chi connectivity index (χ4n) is 1.40. The second-order valence-corrected chi connectivity index (χ2v) is 4.07. The molecule has 0 spiro atoms. The Morgan fingerprint density at radius 1 is 1.00 bits per heavy atom. The van der Waals surface area contributed by atoms with Crippen LogP contribution >= 0.6 is 11.6 Å². The van der Waals surface area contributed by atoms with E-state index in [0.29, 0.717) is 6.54 Å². The second-order valence-electron chi connectivity index (χ2n) is 3.63. The molecule has 0 atom stereocenters. The Hall–Kier alpha value is -1.80. The van der Waals surface area contributed by atoms with Crippen LogP contribution in [0.3, 0.4) is 0 Å². The van der Waals surface area contributed by atoms with Gasteiger partial charge in [-0.2, -0.15) is 5.10 Å². The summed E-state index contributed by atoms with van der Waals surface area (Å²) in [5.41, 5.74) is 5.23. The van der Waals surface area contributed by atoms with Crippen molar-refractivity contribution in [3.05, 3.63) is 70.7 Å². The van der Waals surface area contributed by atoms with Crippen molar-refractivity contribution in [2.45, 2.75) is 6.54 Å². The maximum atomic E-state index is 5.80. The van der Waals surface area contributed by atoms with Crippen LogP contribution in [0.15, 0.2) is 59.7 Å². The lowest BCUT2D eigenvalue weighted by atomic mass is 10.2. The second kappa shape index (κ2) is 6.06. The quantitative estimate of drug-likeness (QED) is 0.647. The van der Waals surface area contributed by atoms with Crippen molar-refractivity contribution in [2.75, 3.05) is 0 Å². The molecule has 0 unspecified atom stereocenters. The van der Waals surface area contributed by atoms with Crippen LogP contribution in [0.2, 0.25) is 5.02 Å². The van der Waals surface area contributed by atoms with Crippen LogP contribution in [0, 0.1) is 0 Å². The Bertz CT molecular complexity index is 477. The molecule has 0 heterocycles. The predicted octanol–water partition coefficient (Wildman–Crippen LogP) is 3.46. The highest BCUT2D eigenvalue weighted by molar-refractivity contribution is 6.30. The van der Waals surface area contributed by atoms with Gasteiger partial charge < -0.3 is 5.43 Å². The van der Waals surface area contributed by atoms with Crippen molar-refractivity contribution in [1.29, 1.82) is 0 Å². The number of benzene rings is 2. The van der Waals surface area contributed by atoms with Gasteiger partial charge in [-0.1, -0.05) is 54.1 Å². The van der Waals surface area contributed by atoms with Gasteiger partial charge in [0.2, 0.25) is 0 Å². The monoisotopic (exact) mass is 244 g/mol. The maximum Gasteiger partial charge on any atom is 0.0580 e. The molecule has 2 aromatic carbocycles. The zero-order valence-electron chi connectivity index (χ0n) is 9.31. The number of rotatable bonds is 4. The molecular formula is C14H13ClN2. The lowest BCUT2D eigenvalue weighted by molar-refractivity contribution is 0.748. The summed E-state index contributed by atoms with van der Waals surface area (Å²) in [6.07, 6.45) is 1.80. The summed E-state index contributed by atoms with van der Waals surface area (Å²) in [5, 5.41) is 4.90. The lowest BCUT2D eigenvalue weighted by Crippen LogP contribution is -2.05. The average molecular weight is 245 g/mol. The van der Waals surface area contributed by atoms with Crippen molar-refractivity contribution in [2.24, 2.45) is 5.10 Å². The third-order valence-corrected chi connectivity index (χ3v) is 2.55. The molecule has 2 rings (SSSR count). The minimum Gasteiger partial charge on any atom is -0.306 e. The highest BCUT2D eigenvalue weighted by Gasteiger charge is 1.90. The minimum atomic E-state index is 0.695. The molecule has 0 amide bonds. The molecular weight excluding hydrogens is 232 g/mol. The normalized spacial score (nSPS) is 10.6. The van der Waals surface area contributed by atoms with Crippen molar-refractivity contribution in [3.8, 4) is 0 Å². The van der Waals surface area contributed by atoms with Crippen molar-refractivity contribution in [1.82, 2.24) is 5.43 Å². The maximum absolute atomic E-state index is 5.80. The zero-order valence-corrected chi connectivity index (χ0v) is 10.1. The summed E-state index contributed by atoms with van der Waals surface area (Å²) in [7, 11) is 0. The van der Waals surface area contributed by atoms with Crippen LogP contribution in [0.5, 0.6) is 0 Å². The minimum absolute atomic E-state index is 0.695. The van der Waals surface area contributed by atoms with Gasteiger partial charge in [0.25, 0.3) is 0 Å². The van der Waals surface area contributed by atoms with E-state index in [4.69, 9.17) is 11.6 Å². The highest BCUT2D eigenvalue weighted by Crippen LogP contribution is 2.08. The van der Waals surface area contributed by atoms with Gasteiger partial charge in [0, 0.05) is 5.02 Å². The van der Waals surface area contributed by atoms with E-state index >= 15 is 0 Å². The number of nitrogens with one attached hydrogen (secondary N) is 1. The summed E-state index contributed by atoms with van der Waals surface area (Å²) < 4.78 is 0. The number of hydrogen-bond donors (Lipinski definition) is 1. The molecule has 0 aromatic heterocycles. The van der Waals surface area contributed by atoms with E-state index in [0.717, 1.165) is 16.1 Å². The number of hydrogen-bond acceptors (Lipinski definition) is 2. The standard InChI is InChI=1S/C14H13ClN2/c15-14-8-6-13(7-9-14)11-17-16-10-12-4-2-1-3-5-12/h1-10,17H,11H2/b16-10-. The van der Waals surface area contributed by atoms with E-state index in [1.807, 2.05) is 54.6 Å². The molecule has 1 N–H and O–H groups in total. The van der Waals surface area contributed by atoms with Crippen molar-refractivity contribution < 1.29 is 0 Å². The fraction of sp³-hybridized carbons (Fsp3) is 0.0714. The summed E-state index contributed by atoms with van der Waals surface area (Å²) >= 11 is 5.80. The van der Waals surface area contributed by atoms with Gasteiger partial charge in [-0.25, -0.2) is 0 Å². The Morgan fingerprint density at radius 2 is 1.71 bits per heavy atom. The Kier molecular flexibility index (Phi) is 4.17. The van der Waals surface area contributed by atoms with Gasteiger partial charge in [-0.3, -0.25) is 0 Å². The SMILES string of the molecule is Clc1ccc(CN/N=C\c2ccccc2)cc1. The Morgan fingerprint density at radius 3 is 2.41 bits per heavy atom. The van der Waals surface area contributed by atoms with Gasteiger partial charge in [-0.15, -0.1) is 0 Å². The fourth-order valence-corrected chi connectivity index (χ4v) is 1.52. The highest BCUT2D eigenvalue weighted by atomic mass is 35.5. The molecule has 86 valence electrons. The van der Waals surface area contributed by atoms with E-state index in [-0.39, 0.29) is 0 Å². The van der Waals surface area contributed by atoms with Crippen LogP contribution in [0.1, 0.15) is 11.1 Å². The first kappa shape index (κ1) is 11.7. The molecule has 0 aliphatic carbocycles. The van der Waals surface area contributed by atoms with Gasteiger partial charge >= 0.3 is 0 Å². The number of nitrogens with zero attached hydrogens (tertiary/aromatic N) is 1. The topological polar surface area (TPSA) is 24.4 Å². The molecule has 0 saturated heterocycles. The predicted molar refractivity (Wildman–Crippen MR) is 72.3 cm³/mol. The van der Waals surface area contributed by atoms with E-state index < -0.39 is 0 Å². The zero-order chi connectivity index (χ0) is 11.9. The van der Waals surface area contributed by atoms with E-state index in [1.165, 1.54) is 0 Å². The van der Waals surface area contributed by atoms with Crippen LogP contribution in [-0.2, 0) is 6.54 Å². The van der Waals surface area contributed by atoms with Crippen LogP contribution in [0.4, 0.5) is 0 Å². The smallest absolute Gasteiger partial charge is 0.0580 e. The average Bonchev–Trinajstić information content (AvgIpc) is 2.38. The largest absolute Gasteiger partial charge is 0.306 e. The summed E-state index contributed by atoms with van der Waals surface area (Å²) in [5.74, 6) is 0. The summed E-state index contributed by atoms with van der Waals surface area (Å²) in [4.78, 5) is 0. The first-order chi connectivity index (χ1) is 8.34. The van der Waals surface area contributed by atoms with Gasteiger partial charge in [-0.05, 0) is 23.3 Å². The molecule has 2 aromatic rings. The first-order valence-corrected chi connectivity index (χ1v) is 5.78. The third-order valence-electron chi connectivity index (χ3n) is 2.30. The molecule has 0 aliphatic rings.